The Bertz CT molecular complexity index is 286. The fourth-order valence-corrected chi connectivity index (χ4v) is 1.41. The number of carbonyl (C=O) groups is 1. The molecule has 0 unspecified atom stereocenters. The third-order valence-corrected chi connectivity index (χ3v) is 2.34. The second kappa shape index (κ2) is 1.94. The van der Waals surface area contributed by atoms with Crippen molar-refractivity contribution >= 4 is 6.29 Å². The fourth-order valence-electron chi connectivity index (χ4n) is 1.41. The molecule has 1 fully saturated rings. The molecule has 1 aromatic rings. The lowest BCUT2D eigenvalue weighted by Gasteiger charge is -2.05. The highest BCUT2D eigenvalue weighted by Gasteiger charge is 2.46. The number of carbonyl (C=O) groups excluding carboxylic acids is 1. The van der Waals surface area contributed by atoms with E-state index in [-0.39, 0.29) is 5.41 Å². The van der Waals surface area contributed by atoms with Crippen LogP contribution in [0, 0.1) is 0 Å². The first-order valence-electron chi connectivity index (χ1n) is 3.72. The first-order chi connectivity index (χ1) is 5.28. The minimum absolute atomic E-state index is 0.175. The Morgan fingerprint density at radius 2 is 2.45 bits per heavy atom. The van der Waals surface area contributed by atoms with E-state index < -0.39 is 0 Å². The van der Waals surface area contributed by atoms with Gasteiger partial charge in [0.1, 0.15) is 6.29 Å². The van der Waals surface area contributed by atoms with Crippen molar-refractivity contribution in [3.05, 3.63) is 18.2 Å². The summed E-state index contributed by atoms with van der Waals surface area (Å²) in [6.07, 6.45) is 6.52. The zero-order valence-electron chi connectivity index (χ0n) is 6.45. The van der Waals surface area contributed by atoms with Gasteiger partial charge in [0, 0.05) is 13.2 Å². The van der Waals surface area contributed by atoms with Gasteiger partial charge in [-0.15, -0.1) is 0 Å². The minimum Gasteiger partial charge on any atom is -0.337 e. The van der Waals surface area contributed by atoms with Gasteiger partial charge in [-0.05, 0) is 12.8 Å². The molecule has 0 bridgehead atoms. The Hall–Kier alpha value is -1.12. The van der Waals surface area contributed by atoms with Gasteiger partial charge in [-0.25, -0.2) is 4.98 Å². The molecule has 1 heterocycles. The molecular weight excluding hydrogens is 140 g/mol. The minimum atomic E-state index is -0.175. The van der Waals surface area contributed by atoms with Gasteiger partial charge in [-0.1, -0.05) is 0 Å². The predicted octanol–water partition coefficient (Wildman–Crippen LogP) is 0.651. The normalized spacial score (nSPS) is 19.7. The second-order valence-electron chi connectivity index (χ2n) is 3.16. The smallest absolute Gasteiger partial charge is 0.132 e. The van der Waals surface area contributed by atoms with Gasteiger partial charge in [0.15, 0.2) is 0 Å². The summed E-state index contributed by atoms with van der Waals surface area (Å²) in [6.45, 7) is 0. The van der Waals surface area contributed by atoms with Crippen LogP contribution in [0.1, 0.15) is 18.5 Å². The maximum atomic E-state index is 10.7. The summed E-state index contributed by atoms with van der Waals surface area (Å²) in [7, 11) is 1.92. The molecule has 3 heteroatoms. The quantitative estimate of drug-likeness (QED) is 0.580. The van der Waals surface area contributed by atoms with Gasteiger partial charge < -0.3 is 9.36 Å². The van der Waals surface area contributed by atoms with E-state index in [1.165, 1.54) is 0 Å². The van der Waals surface area contributed by atoms with Crippen LogP contribution in [0.15, 0.2) is 12.5 Å². The molecule has 0 saturated heterocycles. The van der Waals surface area contributed by atoms with Crippen molar-refractivity contribution in [1.29, 1.82) is 0 Å². The first-order valence-corrected chi connectivity index (χ1v) is 3.72. The van der Waals surface area contributed by atoms with E-state index in [4.69, 9.17) is 0 Å². The molecule has 11 heavy (non-hydrogen) atoms. The summed E-state index contributed by atoms with van der Waals surface area (Å²) < 4.78 is 1.92. The van der Waals surface area contributed by atoms with Crippen molar-refractivity contribution in [1.82, 2.24) is 9.55 Å². The average Bonchev–Trinajstić information content (AvgIpc) is 2.70. The van der Waals surface area contributed by atoms with Crippen LogP contribution < -0.4 is 0 Å². The molecule has 1 saturated carbocycles. The number of hydrogen-bond donors (Lipinski definition) is 0. The van der Waals surface area contributed by atoms with Crippen molar-refractivity contribution < 1.29 is 4.79 Å². The first kappa shape index (κ1) is 6.58. The van der Waals surface area contributed by atoms with Crippen LogP contribution in [0.2, 0.25) is 0 Å². The number of hydrogen-bond acceptors (Lipinski definition) is 2. The van der Waals surface area contributed by atoms with Gasteiger partial charge in [-0.3, -0.25) is 0 Å². The van der Waals surface area contributed by atoms with Crippen LogP contribution in [-0.4, -0.2) is 15.8 Å². The molecule has 0 aliphatic heterocycles. The number of aromatic nitrogens is 2. The lowest BCUT2D eigenvalue weighted by molar-refractivity contribution is -0.110. The van der Waals surface area contributed by atoms with Crippen molar-refractivity contribution in [3.8, 4) is 0 Å². The Morgan fingerprint density at radius 3 is 2.82 bits per heavy atom. The lowest BCUT2D eigenvalue weighted by Crippen LogP contribution is -2.12. The molecule has 0 atom stereocenters. The van der Waals surface area contributed by atoms with E-state index in [1.54, 1.807) is 12.5 Å². The number of nitrogens with zero attached hydrogens (tertiary/aromatic N) is 2. The van der Waals surface area contributed by atoms with Gasteiger partial charge in [0.05, 0.1) is 17.4 Å². The molecule has 58 valence electrons. The van der Waals surface area contributed by atoms with Gasteiger partial charge in [-0.2, -0.15) is 0 Å². The van der Waals surface area contributed by atoms with Crippen LogP contribution in [0.4, 0.5) is 0 Å². The zero-order valence-corrected chi connectivity index (χ0v) is 6.45. The molecular formula is C8H10N2O. The van der Waals surface area contributed by atoms with Gasteiger partial charge >= 0.3 is 0 Å². The summed E-state index contributed by atoms with van der Waals surface area (Å²) in [5.41, 5.74) is 0.873. The Morgan fingerprint density at radius 1 is 1.73 bits per heavy atom. The molecule has 1 aliphatic carbocycles. The van der Waals surface area contributed by atoms with Crippen molar-refractivity contribution in [3.63, 3.8) is 0 Å². The van der Waals surface area contributed by atoms with Crippen LogP contribution in [-0.2, 0) is 17.3 Å². The third-order valence-electron chi connectivity index (χ3n) is 2.34. The largest absolute Gasteiger partial charge is 0.337 e. The standard InChI is InChI=1S/C8H10N2O/c1-10-6-9-4-7(10)8(5-11)2-3-8/h4-6H,2-3H2,1H3. The van der Waals surface area contributed by atoms with E-state index in [0.29, 0.717) is 0 Å². The molecule has 3 nitrogen and oxygen atoms in total. The lowest BCUT2D eigenvalue weighted by atomic mass is 10.1. The second-order valence-corrected chi connectivity index (χ2v) is 3.16. The van der Waals surface area contributed by atoms with E-state index in [0.717, 1.165) is 24.8 Å². The Kier molecular flexibility index (Phi) is 1.16. The number of aryl methyl sites for hydroxylation is 1. The molecule has 0 N–H and O–H groups in total. The maximum Gasteiger partial charge on any atom is 0.132 e. The van der Waals surface area contributed by atoms with E-state index in [9.17, 15) is 4.79 Å². The van der Waals surface area contributed by atoms with Crippen molar-refractivity contribution in [2.45, 2.75) is 18.3 Å². The summed E-state index contributed by atoms with van der Waals surface area (Å²) in [4.78, 5) is 14.7. The molecule has 0 radical (unpaired) electrons. The summed E-state index contributed by atoms with van der Waals surface area (Å²) in [5, 5.41) is 0. The molecule has 0 aromatic carbocycles. The monoisotopic (exact) mass is 150 g/mol. The molecule has 1 aromatic heterocycles. The molecule has 0 amide bonds. The van der Waals surface area contributed by atoms with E-state index in [2.05, 4.69) is 4.98 Å². The number of aldehydes is 1. The third kappa shape index (κ3) is 0.803. The van der Waals surface area contributed by atoms with Crippen LogP contribution >= 0.6 is 0 Å². The highest BCUT2D eigenvalue weighted by atomic mass is 16.1. The zero-order chi connectivity index (χ0) is 7.90. The predicted molar refractivity (Wildman–Crippen MR) is 40.2 cm³/mol. The SMILES string of the molecule is Cn1cncc1C1(C=O)CC1. The van der Waals surface area contributed by atoms with E-state index in [1.807, 2.05) is 11.6 Å². The van der Waals surface area contributed by atoms with E-state index >= 15 is 0 Å². The van der Waals surface area contributed by atoms with Crippen LogP contribution in [0.5, 0.6) is 0 Å². The highest BCUT2D eigenvalue weighted by molar-refractivity contribution is 5.71. The maximum absolute atomic E-state index is 10.7. The molecule has 1 aliphatic rings. The average molecular weight is 150 g/mol. The number of rotatable bonds is 2. The highest BCUT2D eigenvalue weighted by Crippen LogP contribution is 2.45. The Labute approximate surface area is 65.1 Å². The number of imidazole rings is 1. The topological polar surface area (TPSA) is 34.9 Å². The summed E-state index contributed by atoms with van der Waals surface area (Å²) in [5.74, 6) is 0. The summed E-state index contributed by atoms with van der Waals surface area (Å²) in [6, 6.07) is 0. The van der Waals surface area contributed by atoms with Crippen LogP contribution in [0.25, 0.3) is 0 Å². The molecule has 2 rings (SSSR count). The van der Waals surface area contributed by atoms with Crippen LogP contribution in [0.3, 0.4) is 0 Å². The fraction of sp³-hybridized carbons (Fsp3) is 0.500. The molecule has 0 spiro atoms. The van der Waals surface area contributed by atoms with Gasteiger partial charge in [0.2, 0.25) is 0 Å². The summed E-state index contributed by atoms with van der Waals surface area (Å²) >= 11 is 0. The van der Waals surface area contributed by atoms with Gasteiger partial charge in [0.25, 0.3) is 0 Å². The Balaban J connectivity index is 2.43. The van der Waals surface area contributed by atoms with Crippen molar-refractivity contribution in [2.75, 3.05) is 0 Å². The van der Waals surface area contributed by atoms with Crippen molar-refractivity contribution in [2.24, 2.45) is 7.05 Å².